The van der Waals surface area contributed by atoms with Gasteiger partial charge in [-0.2, -0.15) is 5.26 Å². The van der Waals surface area contributed by atoms with E-state index in [-0.39, 0.29) is 23.7 Å². The number of thiophene rings is 1. The van der Waals surface area contributed by atoms with Crippen LogP contribution in [0.2, 0.25) is 0 Å². The van der Waals surface area contributed by atoms with Crippen LogP contribution in [0.1, 0.15) is 82.6 Å². The molecule has 2 aliphatic carbocycles. The van der Waals surface area contributed by atoms with Crippen LogP contribution in [0.25, 0.3) is 10.2 Å². The molecule has 0 saturated heterocycles. The summed E-state index contributed by atoms with van der Waals surface area (Å²) in [6, 6.07) is 2.32. The van der Waals surface area contributed by atoms with Gasteiger partial charge in [-0.25, -0.2) is 14.8 Å². The number of aryl methyl sites for hydroxylation is 1. The Labute approximate surface area is 187 Å². The highest BCUT2D eigenvalue weighted by atomic mass is 32.1. The minimum atomic E-state index is -0.511. The van der Waals surface area contributed by atoms with Crippen LogP contribution in [0, 0.1) is 11.3 Å². The summed E-state index contributed by atoms with van der Waals surface area (Å²) in [5, 5.41) is 13.3. The van der Waals surface area contributed by atoms with Crippen molar-refractivity contribution in [1.82, 2.24) is 15.3 Å². The largest absolute Gasteiger partial charge is 0.474 e. The second-order valence-corrected chi connectivity index (χ2v) is 11.0. The van der Waals surface area contributed by atoms with E-state index in [0.717, 1.165) is 48.7 Å². The number of nitriles is 1. The van der Waals surface area contributed by atoms with Crippen molar-refractivity contribution in [2.75, 3.05) is 0 Å². The van der Waals surface area contributed by atoms with Gasteiger partial charge in [0.1, 0.15) is 22.9 Å². The molecule has 2 heterocycles. The predicted molar refractivity (Wildman–Crippen MR) is 119 cm³/mol. The number of carbonyl (C=O) groups is 1. The van der Waals surface area contributed by atoms with Crippen LogP contribution in [0.15, 0.2) is 6.33 Å². The Balaban J connectivity index is 1.45. The SMILES string of the molecule is CC(C)(C)OC(=O)N[C@]1(C)CC[C@@H](Oc2ncnc3sc4c(c23)[C@@H](CC#N)CC4)CC1. The lowest BCUT2D eigenvalue weighted by molar-refractivity contribution is 0.0386. The molecule has 1 N–H and O–H groups in total. The number of aromatic nitrogens is 2. The molecule has 166 valence electrons. The maximum Gasteiger partial charge on any atom is 0.408 e. The Morgan fingerprint density at radius 3 is 2.74 bits per heavy atom. The van der Waals surface area contributed by atoms with E-state index in [2.05, 4.69) is 28.3 Å². The molecule has 0 aliphatic heterocycles. The van der Waals surface area contributed by atoms with Crippen LogP contribution in [0.4, 0.5) is 4.79 Å². The minimum absolute atomic E-state index is 0.0398. The maximum atomic E-state index is 12.2. The van der Waals surface area contributed by atoms with Gasteiger partial charge in [-0.15, -0.1) is 11.3 Å². The number of amides is 1. The molecule has 0 aromatic carbocycles. The number of nitrogens with one attached hydrogen (secondary N) is 1. The Morgan fingerprint density at radius 1 is 1.32 bits per heavy atom. The lowest BCUT2D eigenvalue weighted by Gasteiger charge is -2.38. The molecule has 1 saturated carbocycles. The molecule has 0 bridgehead atoms. The smallest absolute Gasteiger partial charge is 0.408 e. The van der Waals surface area contributed by atoms with Crippen molar-refractivity contribution in [3.8, 4) is 11.9 Å². The normalized spacial score (nSPS) is 25.6. The third-order valence-corrected chi connectivity index (χ3v) is 7.32. The number of carbonyl (C=O) groups excluding carboxylic acids is 1. The quantitative estimate of drug-likeness (QED) is 0.695. The van der Waals surface area contributed by atoms with Crippen molar-refractivity contribution in [2.24, 2.45) is 0 Å². The van der Waals surface area contributed by atoms with Gasteiger partial charge in [-0.1, -0.05) is 0 Å². The van der Waals surface area contributed by atoms with Gasteiger partial charge in [0.05, 0.1) is 11.5 Å². The third kappa shape index (κ3) is 4.77. The number of rotatable bonds is 4. The van der Waals surface area contributed by atoms with Gasteiger partial charge in [0.15, 0.2) is 0 Å². The molecule has 8 heteroatoms. The zero-order valence-corrected chi connectivity index (χ0v) is 19.5. The van der Waals surface area contributed by atoms with E-state index >= 15 is 0 Å². The van der Waals surface area contributed by atoms with Crippen LogP contribution >= 0.6 is 11.3 Å². The lowest BCUT2D eigenvalue weighted by atomic mass is 9.82. The van der Waals surface area contributed by atoms with Crippen molar-refractivity contribution < 1.29 is 14.3 Å². The molecule has 7 nitrogen and oxygen atoms in total. The molecule has 4 rings (SSSR count). The van der Waals surface area contributed by atoms with Gasteiger partial charge in [-0.3, -0.25) is 0 Å². The van der Waals surface area contributed by atoms with Crippen LogP contribution in [-0.2, 0) is 11.2 Å². The number of ether oxygens (including phenoxy) is 2. The fraction of sp³-hybridized carbons (Fsp3) is 0.652. The van der Waals surface area contributed by atoms with E-state index in [4.69, 9.17) is 9.47 Å². The minimum Gasteiger partial charge on any atom is -0.474 e. The van der Waals surface area contributed by atoms with Gasteiger partial charge < -0.3 is 14.8 Å². The summed E-state index contributed by atoms with van der Waals surface area (Å²) in [5.41, 5.74) is 0.415. The molecule has 1 fully saturated rings. The van der Waals surface area contributed by atoms with Crippen LogP contribution in [0.3, 0.4) is 0 Å². The zero-order chi connectivity index (χ0) is 22.2. The van der Waals surface area contributed by atoms with E-state index in [0.29, 0.717) is 12.3 Å². The summed E-state index contributed by atoms with van der Waals surface area (Å²) in [6.45, 7) is 7.66. The van der Waals surface area contributed by atoms with Crippen molar-refractivity contribution >= 4 is 27.6 Å². The molecule has 2 aromatic rings. The van der Waals surface area contributed by atoms with Crippen LogP contribution in [0.5, 0.6) is 5.88 Å². The summed E-state index contributed by atoms with van der Waals surface area (Å²) in [7, 11) is 0. The van der Waals surface area contributed by atoms with Crippen molar-refractivity contribution in [2.45, 2.75) is 95.8 Å². The summed E-state index contributed by atoms with van der Waals surface area (Å²) >= 11 is 1.70. The molecule has 1 atom stereocenters. The maximum absolute atomic E-state index is 12.2. The fourth-order valence-electron chi connectivity index (χ4n) is 4.62. The van der Waals surface area contributed by atoms with Gasteiger partial charge in [0, 0.05) is 16.8 Å². The van der Waals surface area contributed by atoms with E-state index in [1.54, 1.807) is 17.7 Å². The monoisotopic (exact) mass is 442 g/mol. The van der Waals surface area contributed by atoms with Crippen LogP contribution < -0.4 is 10.1 Å². The molecule has 0 unspecified atom stereocenters. The Hall–Kier alpha value is -2.40. The van der Waals surface area contributed by atoms with Crippen molar-refractivity contribution in [3.05, 3.63) is 16.8 Å². The molecular weight excluding hydrogens is 412 g/mol. The second kappa shape index (κ2) is 8.27. The highest BCUT2D eigenvalue weighted by Gasteiger charge is 2.36. The molecule has 1 amide bonds. The average molecular weight is 443 g/mol. The van der Waals surface area contributed by atoms with Crippen molar-refractivity contribution in [3.63, 3.8) is 0 Å². The van der Waals surface area contributed by atoms with Gasteiger partial charge >= 0.3 is 6.09 Å². The highest BCUT2D eigenvalue weighted by molar-refractivity contribution is 7.19. The molecule has 0 radical (unpaired) electrons. The third-order valence-electron chi connectivity index (χ3n) is 6.15. The van der Waals surface area contributed by atoms with Crippen molar-refractivity contribution in [1.29, 1.82) is 5.26 Å². The first-order valence-corrected chi connectivity index (χ1v) is 11.8. The molecule has 2 aliphatic rings. The fourth-order valence-corrected chi connectivity index (χ4v) is 5.85. The second-order valence-electron chi connectivity index (χ2n) is 9.90. The first kappa shape index (κ1) is 21.8. The summed E-state index contributed by atoms with van der Waals surface area (Å²) in [6.07, 6.45) is 7.04. The first-order chi connectivity index (χ1) is 14.7. The summed E-state index contributed by atoms with van der Waals surface area (Å²) in [5.74, 6) is 0.885. The Bertz CT molecular complexity index is 1010. The topological polar surface area (TPSA) is 97.1 Å². The molecular formula is C23H30N4O3S. The lowest BCUT2D eigenvalue weighted by Crippen LogP contribution is -2.51. The standard InChI is InChI=1S/C23H30N4O3S/c1-22(2,3)30-21(28)27-23(4)10-7-15(8-11-23)29-19-18-17-14(9-12-24)5-6-16(17)31-20(18)26-13-25-19/h13-15H,5-11H2,1-4H3,(H,27,28)/t14-,15-,23-/m1/s1. The number of alkyl carbamates (subject to hydrolysis) is 1. The predicted octanol–water partition coefficient (Wildman–Crippen LogP) is 5.24. The van der Waals surface area contributed by atoms with E-state index in [9.17, 15) is 10.1 Å². The summed E-state index contributed by atoms with van der Waals surface area (Å²) < 4.78 is 11.8. The number of hydrogen-bond acceptors (Lipinski definition) is 7. The molecule has 2 aromatic heterocycles. The Morgan fingerprint density at radius 2 is 2.06 bits per heavy atom. The van der Waals surface area contributed by atoms with Gasteiger partial charge in [0.25, 0.3) is 0 Å². The summed E-state index contributed by atoms with van der Waals surface area (Å²) in [4.78, 5) is 23.4. The highest BCUT2D eigenvalue weighted by Crippen LogP contribution is 2.47. The number of fused-ring (bicyclic) bond motifs is 3. The number of nitrogens with zero attached hydrogens (tertiary/aromatic N) is 3. The van der Waals surface area contributed by atoms with E-state index in [1.165, 1.54) is 10.4 Å². The first-order valence-electron chi connectivity index (χ1n) is 11.0. The van der Waals surface area contributed by atoms with Gasteiger partial charge in [-0.05, 0) is 77.7 Å². The van der Waals surface area contributed by atoms with E-state index < -0.39 is 5.60 Å². The van der Waals surface area contributed by atoms with E-state index in [1.807, 2.05) is 20.8 Å². The average Bonchev–Trinajstić information content (AvgIpc) is 3.22. The Kier molecular flexibility index (Phi) is 5.82. The molecule has 0 spiro atoms. The zero-order valence-electron chi connectivity index (χ0n) is 18.7. The number of hydrogen-bond donors (Lipinski definition) is 1. The molecule has 31 heavy (non-hydrogen) atoms. The van der Waals surface area contributed by atoms with Gasteiger partial charge in [0.2, 0.25) is 5.88 Å². The van der Waals surface area contributed by atoms with Crippen LogP contribution in [-0.4, -0.2) is 33.3 Å².